The van der Waals surface area contributed by atoms with E-state index in [-0.39, 0.29) is 29.7 Å². The molecule has 0 bridgehead atoms. The second-order valence-electron chi connectivity index (χ2n) is 10.0. The predicted octanol–water partition coefficient (Wildman–Crippen LogP) is 3.47. The highest BCUT2D eigenvalue weighted by atomic mass is 16.3. The first-order chi connectivity index (χ1) is 15.0. The largest absolute Gasteiger partial charge is 0.396 e. The molecule has 8 nitrogen and oxygen atoms in total. The first-order valence-corrected chi connectivity index (χ1v) is 11.3. The van der Waals surface area contributed by atoms with E-state index in [0.717, 1.165) is 27.9 Å². The van der Waals surface area contributed by atoms with Gasteiger partial charge in [0, 0.05) is 25.3 Å². The molecular formula is C24H36N6O2. The van der Waals surface area contributed by atoms with Gasteiger partial charge in [-0.05, 0) is 80.5 Å². The third-order valence-electron chi connectivity index (χ3n) is 5.77. The molecule has 0 aliphatic carbocycles. The Morgan fingerprint density at radius 3 is 2.53 bits per heavy atom. The minimum atomic E-state index is -0.274. The highest BCUT2D eigenvalue weighted by molar-refractivity contribution is 5.82. The Morgan fingerprint density at radius 2 is 1.91 bits per heavy atom. The molecule has 2 N–H and O–H groups in total. The molecule has 0 amide bonds. The number of nitrogens with one attached hydrogen (secondary N) is 1. The zero-order valence-corrected chi connectivity index (χ0v) is 20.3. The predicted molar refractivity (Wildman–Crippen MR) is 127 cm³/mol. The minimum absolute atomic E-state index is 0.0813. The van der Waals surface area contributed by atoms with Gasteiger partial charge in [-0.25, -0.2) is 4.68 Å². The Morgan fingerprint density at radius 1 is 1.19 bits per heavy atom. The van der Waals surface area contributed by atoms with Crippen LogP contribution in [0.4, 0.5) is 0 Å². The number of aryl methyl sites for hydroxylation is 2. The molecule has 0 aliphatic rings. The Hall–Kier alpha value is -2.58. The average molecular weight is 441 g/mol. The van der Waals surface area contributed by atoms with Crippen molar-refractivity contribution in [2.24, 2.45) is 5.92 Å². The van der Waals surface area contributed by atoms with Gasteiger partial charge in [-0.15, -0.1) is 5.10 Å². The molecule has 2 aromatic heterocycles. The monoisotopic (exact) mass is 440 g/mol. The van der Waals surface area contributed by atoms with Crippen LogP contribution in [0.5, 0.6) is 0 Å². The van der Waals surface area contributed by atoms with Gasteiger partial charge in [0.05, 0.1) is 17.1 Å². The zero-order chi connectivity index (χ0) is 23.6. The molecule has 0 fully saturated rings. The van der Waals surface area contributed by atoms with Gasteiger partial charge >= 0.3 is 0 Å². The third-order valence-corrected chi connectivity index (χ3v) is 5.77. The SMILES string of the molecule is Cc1cc(C)c2[nH]c(=O)c(CN(CCCO)C(c3nnnn3C(C)(C)C)C(C)C)cc2c1. The summed E-state index contributed by atoms with van der Waals surface area (Å²) >= 11 is 0. The van der Waals surface area contributed by atoms with E-state index in [1.54, 1.807) is 0 Å². The van der Waals surface area contributed by atoms with E-state index in [0.29, 0.717) is 25.1 Å². The van der Waals surface area contributed by atoms with Crippen molar-refractivity contribution in [3.05, 3.63) is 51.1 Å². The summed E-state index contributed by atoms with van der Waals surface area (Å²) in [6, 6.07) is 6.06. The maximum Gasteiger partial charge on any atom is 0.252 e. The fourth-order valence-corrected chi connectivity index (χ4v) is 4.40. The Bertz CT molecular complexity index is 1130. The molecule has 1 unspecified atom stereocenters. The number of pyridine rings is 1. The number of benzene rings is 1. The van der Waals surface area contributed by atoms with Crippen LogP contribution in [0.3, 0.4) is 0 Å². The van der Waals surface area contributed by atoms with E-state index in [1.807, 2.05) is 17.7 Å². The number of hydrogen-bond acceptors (Lipinski definition) is 6. The van der Waals surface area contributed by atoms with Crippen LogP contribution in [-0.4, -0.2) is 48.3 Å². The van der Waals surface area contributed by atoms with E-state index in [1.165, 1.54) is 0 Å². The Kier molecular flexibility index (Phi) is 7.15. The lowest BCUT2D eigenvalue weighted by molar-refractivity contribution is 0.116. The molecule has 0 aliphatic heterocycles. The molecule has 1 aromatic carbocycles. The van der Waals surface area contributed by atoms with Crippen molar-refractivity contribution in [1.29, 1.82) is 0 Å². The third kappa shape index (κ3) is 5.07. The van der Waals surface area contributed by atoms with E-state index < -0.39 is 0 Å². The summed E-state index contributed by atoms with van der Waals surface area (Å²) in [5.74, 6) is 0.971. The first kappa shape index (κ1) is 24.1. The number of H-pyrrole nitrogens is 1. The van der Waals surface area contributed by atoms with Crippen LogP contribution >= 0.6 is 0 Å². The quantitative estimate of drug-likeness (QED) is 0.556. The standard InChI is InChI=1S/C24H36N6O2/c1-15(2)21(22-26-27-28-30(22)24(5,6)7)29(9-8-10-31)14-19-13-18-12-16(3)11-17(4)20(18)25-23(19)32/h11-13,15,21,31H,8-10,14H2,1-7H3,(H,25,32). The first-order valence-electron chi connectivity index (χ1n) is 11.3. The Labute approximate surface area is 189 Å². The summed E-state index contributed by atoms with van der Waals surface area (Å²) in [6.45, 7) is 15.7. The molecule has 1 atom stereocenters. The van der Waals surface area contributed by atoms with Crippen LogP contribution < -0.4 is 5.56 Å². The van der Waals surface area contributed by atoms with Gasteiger partial charge in [0.25, 0.3) is 5.56 Å². The maximum atomic E-state index is 13.0. The lowest BCUT2D eigenvalue weighted by atomic mass is 9.98. The van der Waals surface area contributed by atoms with E-state index >= 15 is 0 Å². The van der Waals surface area contributed by atoms with Gasteiger partial charge in [-0.1, -0.05) is 25.5 Å². The van der Waals surface area contributed by atoms with Crippen LogP contribution in [-0.2, 0) is 12.1 Å². The second kappa shape index (κ2) is 9.50. The second-order valence-corrected chi connectivity index (χ2v) is 10.0. The molecule has 0 saturated carbocycles. The van der Waals surface area contributed by atoms with Crippen molar-refractivity contribution in [1.82, 2.24) is 30.1 Å². The highest BCUT2D eigenvalue weighted by Crippen LogP contribution is 2.31. The molecule has 8 heteroatoms. The lowest BCUT2D eigenvalue weighted by Crippen LogP contribution is -2.38. The number of aromatic nitrogens is 5. The van der Waals surface area contributed by atoms with Crippen LogP contribution in [0.25, 0.3) is 10.9 Å². The summed E-state index contributed by atoms with van der Waals surface area (Å²) in [5, 5.41) is 23.2. The number of aromatic amines is 1. The summed E-state index contributed by atoms with van der Waals surface area (Å²) in [5.41, 5.74) is 3.43. The Balaban J connectivity index is 2.07. The normalized spacial score (nSPS) is 13.4. The number of rotatable bonds is 8. The number of aliphatic hydroxyl groups excluding tert-OH is 1. The van der Waals surface area contributed by atoms with Crippen molar-refractivity contribution in [2.75, 3.05) is 13.2 Å². The summed E-state index contributed by atoms with van der Waals surface area (Å²) in [7, 11) is 0. The van der Waals surface area contributed by atoms with Gasteiger partial charge < -0.3 is 10.1 Å². The van der Waals surface area contributed by atoms with Crippen LogP contribution in [0.2, 0.25) is 0 Å². The minimum Gasteiger partial charge on any atom is -0.396 e. The van der Waals surface area contributed by atoms with Crippen LogP contribution in [0, 0.1) is 19.8 Å². The zero-order valence-electron chi connectivity index (χ0n) is 20.3. The molecule has 0 saturated heterocycles. The molecule has 174 valence electrons. The number of nitrogens with zero attached hydrogens (tertiary/aromatic N) is 5. The van der Waals surface area contributed by atoms with Gasteiger partial charge in [-0.3, -0.25) is 9.69 Å². The molecule has 3 aromatic rings. The summed E-state index contributed by atoms with van der Waals surface area (Å²) in [4.78, 5) is 18.3. The molecule has 2 heterocycles. The van der Waals surface area contributed by atoms with E-state index in [9.17, 15) is 9.90 Å². The van der Waals surface area contributed by atoms with Crippen LogP contribution in [0.15, 0.2) is 23.0 Å². The molecule has 0 radical (unpaired) electrons. The highest BCUT2D eigenvalue weighted by Gasteiger charge is 2.32. The number of tetrazole rings is 1. The van der Waals surface area contributed by atoms with Gasteiger partial charge in [0.2, 0.25) is 0 Å². The van der Waals surface area contributed by atoms with Crippen molar-refractivity contribution in [2.45, 2.75) is 73.0 Å². The molecular weight excluding hydrogens is 404 g/mol. The number of fused-ring (bicyclic) bond motifs is 1. The lowest BCUT2D eigenvalue weighted by Gasteiger charge is -2.35. The van der Waals surface area contributed by atoms with Crippen molar-refractivity contribution in [3.8, 4) is 0 Å². The molecule has 0 spiro atoms. The molecule has 32 heavy (non-hydrogen) atoms. The van der Waals surface area contributed by atoms with E-state index in [4.69, 9.17) is 0 Å². The maximum absolute atomic E-state index is 13.0. The number of aliphatic hydroxyl groups is 1. The van der Waals surface area contributed by atoms with Gasteiger partial charge in [0.15, 0.2) is 5.82 Å². The van der Waals surface area contributed by atoms with Crippen molar-refractivity contribution >= 4 is 10.9 Å². The van der Waals surface area contributed by atoms with Gasteiger partial charge in [0.1, 0.15) is 0 Å². The van der Waals surface area contributed by atoms with E-state index in [2.05, 4.69) is 79.1 Å². The van der Waals surface area contributed by atoms with Gasteiger partial charge in [-0.2, -0.15) is 0 Å². The fourth-order valence-electron chi connectivity index (χ4n) is 4.40. The number of hydrogen-bond donors (Lipinski definition) is 2. The van der Waals surface area contributed by atoms with Crippen LogP contribution in [0.1, 0.15) is 69.6 Å². The summed E-state index contributed by atoms with van der Waals surface area (Å²) < 4.78 is 1.86. The smallest absolute Gasteiger partial charge is 0.252 e. The fraction of sp³-hybridized carbons (Fsp3) is 0.583. The average Bonchev–Trinajstić information content (AvgIpc) is 3.16. The van der Waals surface area contributed by atoms with Crippen molar-refractivity contribution in [3.63, 3.8) is 0 Å². The van der Waals surface area contributed by atoms with Crippen molar-refractivity contribution < 1.29 is 5.11 Å². The summed E-state index contributed by atoms with van der Waals surface area (Å²) in [6.07, 6.45) is 0.601. The topological polar surface area (TPSA) is 99.9 Å². The molecule has 3 rings (SSSR count).